The van der Waals surface area contributed by atoms with Crippen molar-refractivity contribution in [1.82, 2.24) is 5.32 Å². The van der Waals surface area contributed by atoms with Crippen LogP contribution in [0.3, 0.4) is 0 Å². The van der Waals surface area contributed by atoms with Crippen LogP contribution < -0.4 is 11.1 Å². The molecule has 0 aromatic rings. The lowest BCUT2D eigenvalue weighted by Crippen LogP contribution is -2.37. The third kappa shape index (κ3) is 5.15. The van der Waals surface area contributed by atoms with Gasteiger partial charge in [-0.3, -0.25) is 0 Å². The highest BCUT2D eigenvalue weighted by Crippen LogP contribution is 2.02. The number of aliphatic hydroxyl groups excluding tert-OH is 1. The van der Waals surface area contributed by atoms with E-state index in [4.69, 9.17) is 15.9 Å². The minimum absolute atomic E-state index is 0.221. The molecule has 0 bridgehead atoms. The van der Waals surface area contributed by atoms with Crippen LogP contribution in [0, 0.1) is 0 Å². The van der Waals surface area contributed by atoms with E-state index in [2.05, 4.69) is 5.32 Å². The molecular formula is C7H18N2O2. The molecular weight excluding hydrogens is 144 g/mol. The molecule has 0 radical (unpaired) electrons. The van der Waals surface area contributed by atoms with Crippen LogP contribution in [0.1, 0.15) is 19.3 Å². The van der Waals surface area contributed by atoms with Gasteiger partial charge >= 0.3 is 0 Å². The third-order valence-electron chi connectivity index (χ3n) is 1.70. The molecule has 0 aromatic heterocycles. The predicted octanol–water partition coefficient (Wildman–Crippen LogP) is -0.986. The molecule has 0 saturated carbocycles. The number of aliphatic hydroxyl groups is 2. The van der Waals surface area contributed by atoms with Crippen LogP contribution in [-0.4, -0.2) is 36.1 Å². The molecule has 1 atom stereocenters. The lowest BCUT2D eigenvalue weighted by molar-refractivity contribution is -0.0673. The minimum Gasteiger partial charge on any atom is -0.367 e. The zero-order valence-corrected chi connectivity index (χ0v) is 6.95. The second kappa shape index (κ2) is 6.54. The molecule has 0 spiro atoms. The Hall–Kier alpha value is -0.160. The maximum absolute atomic E-state index is 8.77. The van der Waals surface area contributed by atoms with Crippen LogP contribution in [0.15, 0.2) is 0 Å². The van der Waals surface area contributed by atoms with Crippen molar-refractivity contribution in [3.8, 4) is 0 Å². The largest absolute Gasteiger partial charge is 0.367 e. The Morgan fingerprint density at radius 2 is 2.00 bits per heavy atom. The maximum Gasteiger partial charge on any atom is 0.167 e. The molecule has 0 saturated heterocycles. The van der Waals surface area contributed by atoms with Gasteiger partial charge in [0, 0.05) is 0 Å². The van der Waals surface area contributed by atoms with E-state index < -0.39 is 6.29 Å². The number of likely N-dealkylation sites (N-methyl/N-ethyl adjacent to an activating group) is 1. The van der Waals surface area contributed by atoms with Gasteiger partial charge in [-0.15, -0.1) is 0 Å². The van der Waals surface area contributed by atoms with Crippen LogP contribution in [0.2, 0.25) is 0 Å². The van der Waals surface area contributed by atoms with Gasteiger partial charge in [-0.2, -0.15) is 0 Å². The molecule has 4 nitrogen and oxygen atoms in total. The van der Waals surface area contributed by atoms with Crippen molar-refractivity contribution < 1.29 is 10.2 Å². The first-order chi connectivity index (χ1) is 5.22. The average molecular weight is 162 g/mol. The third-order valence-corrected chi connectivity index (χ3v) is 1.70. The van der Waals surface area contributed by atoms with Crippen LogP contribution in [0.25, 0.3) is 0 Å². The summed E-state index contributed by atoms with van der Waals surface area (Å²) < 4.78 is 0. The average Bonchev–Trinajstić information content (AvgIpc) is 1.97. The summed E-state index contributed by atoms with van der Waals surface area (Å²) in [6.45, 7) is 0.665. The standard InChI is InChI=1S/C7H18N2O2/c1-9-6(7(10)11)4-2-3-5-8/h6-7,9-11H,2-5,8H2,1H3/t6-/m0/s1. The first-order valence-electron chi connectivity index (χ1n) is 3.95. The van der Waals surface area contributed by atoms with Crippen LogP contribution in [0.4, 0.5) is 0 Å². The Kier molecular flexibility index (Phi) is 6.45. The Labute approximate surface area is 67.4 Å². The normalized spacial score (nSPS) is 13.9. The van der Waals surface area contributed by atoms with E-state index in [1.54, 1.807) is 7.05 Å². The van der Waals surface area contributed by atoms with Crippen molar-refractivity contribution in [2.24, 2.45) is 5.73 Å². The zero-order chi connectivity index (χ0) is 8.69. The number of hydrogen-bond acceptors (Lipinski definition) is 4. The van der Waals surface area contributed by atoms with Crippen molar-refractivity contribution in [3.05, 3.63) is 0 Å². The number of nitrogens with two attached hydrogens (primary N) is 1. The lowest BCUT2D eigenvalue weighted by Gasteiger charge is -2.17. The van der Waals surface area contributed by atoms with Crippen molar-refractivity contribution in [3.63, 3.8) is 0 Å². The van der Waals surface area contributed by atoms with Crippen molar-refractivity contribution in [1.29, 1.82) is 0 Å². The molecule has 5 N–H and O–H groups in total. The first kappa shape index (κ1) is 10.8. The Balaban J connectivity index is 3.36. The van der Waals surface area contributed by atoms with E-state index in [1.165, 1.54) is 0 Å². The van der Waals surface area contributed by atoms with E-state index in [9.17, 15) is 0 Å². The second-order valence-electron chi connectivity index (χ2n) is 2.59. The topological polar surface area (TPSA) is 78.5 Å². The molecule has 68 valence electrons. The SMILES string of the molecule is CN[C@@H](CCCCN)C(O)O. The van der Waals surface area contributed by atoms with Crippen molar-refractivity contribution in [2.75, 3.05) is 13.6 Å². The maximum atomic E-state index is 8.77. The summed E-state index contributed by atoms with van der Waals surface area (Å²) in [6.07, 6.45) is 1.35. The summed E-state index contributed by atoms with van der Waals surface area (Å²) in [7, 11) is 1.71. The van der Waals surface area contributed by atoms with Gasteiger partial charge in [0.25, 0.3) is 0 Å². The first-order valence-corrected chi connectivity index (χ1v) is 3.95. The molecule has 0 aromatic carbocycles. The molecule has 0 rings (SSSR count). The van der Waals surface area contributed by atoms with E-state index in [0.29, 0.717) is 6.54 Å². The van der Waals surface area contributed by atoms with Gasteiger partial charge in [0.1, 0.15) is 0 Å². The predicted molar refractivity (Wildman–Crippen MR) is 44.0 cm³/mol. The van der Waals surface area contributed by atoms with Gasteiger partial charge in [0.05, 0.1) is 6.04 Å². The number of hydrogen-bond donors (Lipinski definition) is 4. The molecule has 11 heavy (non-hydrogen) atoms. The Morgan fingerprint density at radius 3 is 2.36 bits per heavy atom. The highest BCUT2D eigenvalue weighted by molar-refractivity contribution is 4.65. The van der Waals surface area contributed by atoms with Gasteiger partial charge in [-0.05, 0) is 26.4 Å². The molecule has 0 fully saturated rings. The van der Waals surface area contributed by atoms with Crippen LogP contribution in [-0.2, 0) is 0 Å². The van der Waals surface area contributed by atoms with E-state index in [0.717, 1.165) is 19.3 Å². The summed E-state index contributed by atoms with van der Waals surface area (Å²) >= 11 is 0. The summed E-state index contributed by atoms with van der Waals surface area (Å²) in [5.74, 6) is 0. The summed E-state index contributed by atoms with van der Waals surface area (Å²) in [6, 6.07) is -0.221. The molecule has 0 unspecified atom stereocenters. The zero-order valence-electron chi connectivity index (χ0n) is 6.95. The quantitative estimate of drug-likeness (QED) is 0.299. The second-order valence-corrected chi connectivity index (χ2v) is 2.59. The highest BCUT2D eigenvalue weighted by atomic mass is 16.5. The molecule has 0 amide bonds. The summed E-state index contributed by atoms with van der Waals surface area (Å²) in [4.78, 5) is 0. The lowest BCUT2D eigenvalue weighted by atomic mass is 10.1. The summed E-state index contributed by atoms with van der Waals surface area (Å²) in [5.41, 5.74) is 5.29. The molecule has 0 aliphatic heterocycles. The fourth-order valence-electron chi connectivity index (χ4n) is 0.951. The van der Waals surface area contributed by atoms with Crippen LogP contribution in [0.5, 0.6) is 0 Å². The minimum atomic E-state index is -1.27. The number of nitrogens with one attached hydrogen (secondary N) is 1. The molecule has 0 aliphatic rings. The van der Waals surface area contributed by atoms with Gasteiger partial charge in [0.15, 0.2) is 6.29 Å². The van der Waals surface area contributed by atoms with Crippen LogP contribution >= 0.6 is 0 Å². The van der Waals surface area contributed by atoms with Crippen molar-refractivity contribution >= 4 is 0 Å². The fourth-order valence-corrected chi connectivity index (χ4v) is 0.951. The van der Waals surface area contributed by atoms with E-state index in [-0.39, 0.29) is 6.04 Å². The smallest absolute Gasteiger partial charge is 0.167 e. The van der Waals surface area contributed by atoms with Gasteiger partial charge in [-0.1, -0.05) is 6.42 Å². The van der Waals surface area contributed by atoms with Gasteiger partial charge in [-0.25, -0.2) is 0 Å². The highest BCUT2D eigenvalue weighted by Gasteiger charge is 2.12. The molecule has 0 heterocycles. The van der Waals surface area contributed by atoms with Crippen molar-refractivity contribution in [2.45, 2.75) is 31.6 Å². The molecule has 0 aliphatic carbocycles. The van der Waals surface area contributed by atoms with E-state index >= 15 is 0 Å². The monoisotopic (exact) mass is 162 g/mol. The number of rotatable bonds is 6. The van der Waals surface area contributed by atoms with Gasteiger partial charge < -0.3 is 21.3 Å². The van der Waals surface area contributed by atoms with Gasteiger partial charge in [0.2, 0.25) is 0 Å². The number of unbranched alkanes of at least 4 members (excludes halogenated alkanes) is 1. The Morgan fingerprint density at radius 1 is 1.36 bits per heavy atom. The van der Waals surface area contributed by atoms with E-state index in [1.807, 2.05) is 0 Å². The summed E-state index contributed by atoms with van der Waals surface area (Å²) in [5, 5.41) is 20.4. The fraction of sp³-hybridized carbons (Fsp3) is 1.00. The molecule has 4 heteroatoms. The Bertz CT molecular complexity index is 88.5.